The van der Waals surface area contributed by atoms with E-state index in [2.05, 4.69) is 41.3 Å². The molecule has 2 rings (SSSR count). The second-order valence-electron chi connectivity index (χ2n) is 5.20. The second-order valence-corrected chi connectivity index (χ2v) is 6.52. The summed E-state index contributed by atoms with van der Waals surface area (Å²) in [6.07, 6.45) is 4.70. The molecule has 0 saturated carbocycles. The maximum atomic E-state index is 6.40. The van der Waals surface area contributed by atoms with E-state index in [0.717, 1.165) is 36.6 Å². The number of hydrogen-bond donors (Lipinski definition) is 1. The third kappa shape index (κ3) is 4.26. The van der Waals surface area contributed by atoms with Crippen LogP contribution in [0.5, 0.6) is 0 Å². The first-order chi connectivity index (χ1) is 10.1. The number of halogens is 1. The van der Waals surface area contributed by atoms with E-state index in [1.165, 1.54) is 0 Å². The number of likely N-dealkylation sites (N-methyl/N-ethyl adjacent to an activating group) is 1. The van der Waals surface area contributed by atoms with E-state index in [-0.39, 0.29) is 6.04 Å². The van der Waals surface area contributed by atoms with Crippen molar-refractivity contribution in [3.05, 3.63) is 33.5 Å². The number of aromatic nitrogens is 3. The highest BCUT2D eigenvalue weighted by molar-refractivity contribution is 7.09. The molecule has 2 aromatic rings. The van der Waals surface area contributed by atoms with Crippen LogP contribution in [0.1, 0.15) is 30.0 Å². The Morgan fingerprint density at radius 1 is 1.43 bits per heavy atom. The molecule has 116 valence electrons. The molecule has 0 aromatic carbocycles. The van der Waals surface area contributed by atoms with Gasteiger partial charge >= 0.3 is 0 Å². The molecule has 0 aliphatic heterocycles. The van der Waals surface area contributed by atoms with Gasteiger partial charge < -0.3 is 10.2 Å². The molecule has 1 N–H and O–H groups in total. The molecular weight excluding hydrogens is 306 g/mol. The molecule has 5 nitrogen and oxygen atoms in total. The van der Waals surface area contributed by atoms with Crippen molar-refractivity contribution in [3.8, 4) is 0 Å². The van der Waals surface area contributed by atoms with E-state index in [9.17, 15) is 0 Å². The van der Waals surface area contributed by atoms with Gasteiger partial charge in [-0.15, -0.1) is 11.3 Å². The summed E-state index contributed by atoms with van der Waals surface area (Å²) in [5, 5.41) is 8.69. The van der Waals surface area contributed by atoms with Crippen molar-refractivity contribution < 1.29 is 0 Å². The molecule has 0 fully saturated rings. The molecule has 0 bridgehead atoms. The minimum atomic E-state index is 0.0506. The average Bonchev–Trinajstić information content (AvgIpc) is 3.09. The highest BCUT2D eigenvalue weighted by Gasteiger charge is 2.22. The molecule has 0 aliphatic rings. The Labute approximate surface area is 134 Å². The van der Waals surface area contributed by atoms with E-state index in [4.69, 9.17) is 11.6 Å². The maximum absolute atomic E-state index is 6.40. The van der Waals surface area contributed by atoms with Crippen molar-refractivity contribution in [3.63, 3.8) is 0 Å². The van der Waals surface area contributed by atoms with Crippen LogP contribution in [0.2, 0.25) is 5.02 Å². The standard InChI is InChI=1S/C14H22ClN5S/c1-4-5-17-13(12-9-16-10-21-12)14-11(15)8-18-20(14)7-6-19(2)3/h8-10,13,17H,4-7H2,1-3H3. The Kier molecular flexibility index (Phi) is 6.17. The van der Waals surface area contributed by atoms with Crippen molar-refractivity contribution in [2.24, 2.45) is 0 Å². The van der Waals surface area contributed by atoms with Crippen molar-refractivity contribution >= 4 is 22.9 Å². The van der Waals surface area contributed by atoms with Crippen LogP contribution in [0.3, 0.4) is 0 Å². The number of rotatable bonds is 8. The van der Waals surface area contributed by atoms with Gasteiger partial charge in [0.1, 0.15) is 0 Å². The fraction of sp³-hybridized carbons (Fsp3) is 0.571. The Balaban J connectivity index is 2.28. The van der Waals surface area contributed by atoms with Crippen LogP contribution in [0.25, 0.3) is 0 Å². The molecule has 21 heavy (non-hydrogen) atoms. The zero-order chi connectivity index (χ0) is 15.2. The lowest BCUT2D eigenvalue weighted by molar-refractivity contribution is 0.365. The van der Waals surface area contributed by atoms with Gasteiger partial charge in [-0.1, -0.05) is 18.5 Å². The van der Waals surface area contributed by atoms with E-state index >= 15 is 0 Å². The smallest absolute Gasteiger partial charge is 0.0873 e. The monoisotopic (exact) mass is 327 g/mol. The van der Waals surface area contributed by atoms with Crippen molar-refractivity contribution in [1.29, 1.82) is 0 Å². The summed E-state index contributed by atoms with van der Waals surface area (Å²) in [7, 11) is 4.11. The first kappa shape index (κ1) is 16.4. The molecule has 2 heterocycles. The van der Waals surface area contributed by atoms with Gasteiger partial charge in [0.25, 0.3) is 0 Å². The topological polar surface area (TPSA) is 46.0 Å². The number of nitrogens with one attached hydrogen (secondary N) is 1. The lowest BCUT2D eigenvalue weighted by atomic mass is 10.1. The maximum Gasteiger partial charge on any atom is 0.0873 e. The quantitative estimate of drug-likeness (QED) is 0.809. The van der Waals surface area contributed by atoms with Crippen LogP contribution >= 0.6 is 22.9 Å². The summed E-state index contributed by atoms with van der Waals surface area (Å²) in [6, 6.07) is 0.0506. The predicted octanol–water partition coefficient (Wildman–Crippen LogP) is 2.64. The fourth-order valence-corrected chi connectivity index (χ4v) is 3.07. The van der Waals surface area contributed by atoms with E-state index < -0.39 is 0 Å². The van der Waals surface area contributed by atoms with Gasteiger partial charge in [-0.25, -0.2) is 0 Å². The van der Waals surface area contributed by atoms with Crippen molar-refractivity contribution in [2.75, 3.05) is 27.2 Å². The molecular formula is C14H22ClN5S. The van der Waals surface area contributed by atoms with Gasteiger partial charge in [-0.3, -0.25) is 9.67 Å². The van der Waals surface area contributed by atoms with Gasteiger partial charge in [0.05, 0.1) is 35.0 Å². The Hall–Kier alpha value is -0.950. The van der Waals surface area contributed by atoms with Gasteiger partial charge in [0.15, 0.2) is 0 Å². The summed E-state index contributed by atoms with van der Waals surface area (Å²) in [5.41, 5.74) is 2.88. The molecule has 1 unspecified atom stereocenters. The summed E-state index contributed by atoms with van der Waals surface area (Å²) in [6.45, 7) is 4.83. The van der Waals surface area contributed by atoms with Crippen molar-refractivity contribution in [2.45, 2.75) is 25.9 Å². The first-order valence-electron chi connectivity index (χ1n) is 7.11. The van der Waals surface area contributed by atoms with E-state index in [0.29, 0.717) is 5.02 Å². The predicted molar refractivity (Wildman–Crippen MR) is 88.0 cm³/mol. The van der Waals surface area contributed by atoms with Gasteiger partial charge in [0, 0.05) is 17.6 Å². The lowest BCUT2D eigenvalue weighted by Crippen LogP contribution is -2.27. The molecule has 0 saturated heterocycles. The fourth-order valence-electron chi connectivity index (χ4n) is 2.12. The minimum Gasteiger partial charge on any atom is -0.308 e. The van der Waals surface area contributed by atoms with Crippen LogP contribution in [0, 0.1) is 0 Å². The Bertz CT molecular complexity index is 538. The molecule has 0 radical (unpaired) electrons. The Morgan fingerprint density at radius 2 is 2.24 bits per heavy atom. The lowest BCUT2D eigenvalue weighted by Gasteiger charge is -2.20. The molecule has 7 heteroatoms. The third-order valence-corrected chi connectivity index (χ3v) is 4.33. The second kappa shape index (κ2) is 7.89. The van der Waals surface area contributed by atoms with Crippen LogP contribution < -0.4 is 5.32 Å². The zero-order valence-electron chi connectivity index (χ0n) is 12.7. The number of hydrogen-bond acceptors (Lipinski definition) is 5. The van der Waals surface area contributed by atoms with Crippen LogP contribution in [-0.2, 0) is 6.54 Å². The SMILES string of the molecule is CCCNC(c1cncs1)c1c(Cl)cnn1CCN(C)C. The summed E-state index contributed by atoms with van der Waals surface area (Å²) < 4.78 is 2.00. The molecule has 0 spiro atoms. The minimum absolute atomic E-state index is 0.0506. The summed E-state index contributed by atoms with van der Waals surface area (Å²) in [4.78, 5) is 7.50. The number of thiazole rings is 1. The van der Waals surface area contributed by atoms with Gasteiger partial charge in [-0.2, -0.15) is 5.10 Å². The normalized spacial score (nSPS) is 13.0. The third-order valence-electron chi connectivity index (χ3n) is 3.20. The highest BCUT2D eigenvalue weighted by Crippen LogP contribution is 2.30. The molecule has 1 atom stereocenters. The zero-order valence-corrected chi connectivity index (χ0v) is 14.3. The number of nitrogens with zero attached hydrogens (tertiary/aromatic N) is 4. The highest BCUT2D eigenvalue weighted by atomic mass is 35.5. The Morgan fingerprint density at radius 3 is 2.86 bits per heavy atom. The van der Waals surface area contributed by atoms with Gasteiger partial charge in [0.2, 0.25) is 0 Å². The van der Waals surface area contributed by atoms with E-state index in [1.54, 1.807) is 17.5 Å². The first-order valence-corrected chi connectivity index (χ1v) is 8.37. The molecule has 0 amide bonds. The summed E-state index contributed by atoms with van der Waals surface area (Å²) >= 11 is 8.04. The van der Waals surface area contributed by atoms with Crippen LogP contribution in [0.4, 0.5) is 0 Å². The van der Waals surface area contributed by atoms with E-state index in [1.807, 2.05) is 16.4 Å². The average molecular weight is 328 g/mol. The largest absolute Gasteiger partial charge is 0.308 e. The molecule has 2 aromatic heterocycles. The van der Waals surface area contributed by atoms with Crippen LogP contribution in [0.15, 0.2) is 17.9 Å². The van der Waals surface area contributed by atoms with Crippen molar-refractivity contribution in [1.82, 2.24) is 25.0 Å². The summed E-state index contributed by atoms with van der Waals surface area (Å²) in [5.74, 6) is 0. The molecule has 0 aliphatic carbocycles. The van der Waals surface area contributed by atoms with Gasteiger partial charge in [-0.05, 0) is 27.1 Å². The van der Waals surface area contributed by atoms with Crippen LogP contribution in [-0.4, -0.2) is 46.8 Å².